The summed E-state index contributed by atoms with van der Waals surface area (Å²) >= 11 is 0. The van der Waals surface area contributed by atoms with Gasteiger partial charge in [0.1, 0.15) is 11.2 Å². The summed E-state index contributed by atoms with van der Waals surface area (Å²) in [5.41, 5.74) is 12.4. The topological polar surface area (TPSA) is 38.9 Å². The van der Waals surface area contributed by atoms with E-state index in [1.807, 2.05) is 24.3 Å². The Hall–Kier alpha value is -6.58. The molecular formula is C46H28N2O. The molecule has 10 aromatic rings. The first-order valence-electron chi connectivity index (χ1n) is 16.6. The molecule has 7 aromatic carbocycles. The summed E-state index contributed by atoms with van der Waals surface area (Å²) in [5.74, 6) is 0. The number of benzene rings is 7. The van der Waals surface area contributed by atoms with E-state index in [1.54, 1.807) is 0 Å². The number of nitrogens with zero attached hydrogens (tertiary/aromatic N) is 2. The molecule has 0 amide bonds. The maximum atomic E-state index is 6.59. The SMILES string of the molecule is c1ccc(-c2nc3ccccc3c3c(-c4cccc(-c5ccc(-c6ccc7ccccc7n6)cc5)c4)c4c(cc23)oc2ccccc24)cc1. The van der Waals surface area contributed by atoms with E-state index in [4.69, 9.17) is 14.4 Å². The van der Waals surface area contributed by atoms with Crippen LogP contribution >= 0.6 is 0 Å². The van der Waals surface area contributed by atoms with Crippen molar-refractivity contribution in [2.24, 2.45) is 0 Å². The monoisotopic (exact) mass is 624 g/mol. The Kier molecular flexibility index (Phi) is 6.18. The standard InChI is InChI=1S/C46H28N2O/c1-2-12-32(13-3-1)46-37-28-42-45(36-17-6-9-20-41(36)49-42)43(44(37)35-16-5-8-19-40(35)48-46)34-15-10-14-33(27-34)29-21-23-31(24-22-29)39-26-25-30-11-4-7-18-38(30)47-39/h1-28H. The van der Waals surface area contributed by atoms with Crippen LogP contribution in [-0.4, -0.2) is 9.97 Å². The number of hydrogen-bond donors (Lipinski definition) is 0. The van der Waals surface area contributed by atoms with E-state index in [-0.39, 0.29) is 0 Å². The van der Waals surface area contributed by atoms with Gasteiger partial charge >= 0.3 is 0 Å². The Bertz CT molecular complexity index is 2870. The molecule has 3 nitrogen and oxygen atoms in total. The van der Waals surface area contributed by atoms with E-state index in [0.717, 1.165) is 93.9 Å². The van der Waals surface area contributed by atoms with Gasteiger partial charge in [0.15, 0.2) is 0 Å². The highest BCUT2D eigenvalue weighted by molar-refractivity contribution is 6.27. The fourth-order valence-corrected chi connectivity index (χ4v) is 7.34. The molecule has 0 atom stereocenters. The molecule has 0 spiro atoms. The van der Waals surface area contributed by atoms with Gasteiger partial charge in [-0.2, -0.15) is 0 Å². The predicted octanol–water partition coefficient (Wildman–Crippen LogP) is 12.5. The number of furan rings is 1. The zero-order chi connectivity index (χ0) is 32.3. The van der Waals surface area contributed by atoms with Crippen LogP contribution in [0.15, 0.2) is 174 Å². The third-order valence-electron chi connectivity index (χ3n) is 9.64. The van der Waals surface area contributed by atoms with Gasteiger partial charge in [-0.25, -0.2) is 9.97 Å². The molecule has 0 aliphatic carbocycles. The van der Waals surface area contributed by atoms with Crippen LogP contribution in [0.1, 0.15) is 0 Å². The summed E-state index contributed by atoms with van der Waals surface area (Å²) in [6.07, 6.45) is 0. The number of pyridine rings is 2. The van der Waals surface area contributed by atoms with Gasteiger partial charge in [-0.1, -0.05) is 133 Å². The maximum Gasteiger partial charge on any atom is 0.136 e. The minimum absolute atomic E-state index is 0.857. The van der Waals surface area contributed by atoms with Crippen molar-refractivity contribution in [3.63, 3.8) is 0 Å². The van der Waals surface area contributed by atoms with Crippen molar-refractivity contribution in [3.05, 3.63) is 170 Å². The Morgan fingerprint density at radius 3 is 1.94 bits per heavy atom. The molecule has 0 aliphatic rings. The molecule has 0 bridgehead atoms. The molecule has 0 N–H and O–H groups in total. The van der Waals surface area contributed by atoms with Gasteiger partial charge in [-0.05, 0) is 53.1 Å². The van der Waals surface area contributed by atoms with Crippen LogP contribution in [0.3, 0.4) is 0 Å². The summed E-state index contributed by atoms with van der Waals surface area (Å²) in [4.78, 5) is 10.2. The lowest BCUT2D eigenvalue weighted by Gasteiger charge is -2.16. The normalized spacial score (nSPS) is 11.7. The first-order valence-corrected chi connectivity index (χ1v) is 16.6. The smallest absolute Gasteiger partial charge is 0.136 e. The second kappa shape index (κ2) is 11.0. The molecule has 3 heterocycles. The first-order chi connectivity index (χ1) is 24.3. The number of fused-ring (bicyclic) bond motifs is 7. The summed E-state index contributed by atoms with van der Waals surface area (Å²) in [6.45, 7) is 0. The lowest BCUT2D eigenvalue weighted by molar-refractivity contribution is 0.669. The Labute approximate surface area is 282 Å². The van der Waals surface area contributed by atoms with Crippen molar-refractivity contribution in [1.82, 2.24) is 9.97 Å². The van der Waals surface area contributed by atoms with Gasteiger partial charge in [0.05, 0.1) is 22.4 Å². The molecule has 0 aliphatic heterocycles. The summed E-state index contributed by atoms with van der Waals surface area (Å²) < 4.78 is 6.59. The largest absolute Gasteiger partial charge is 0.456 e. The van der Waals surface area contributed by atoms with Crippen molar-refractivity contribution < 1.29 is 4.42 Å². The molecule has 0 radical (unpaired) electrons. The number of hydrogen-bond acceptors (Lipinski definition) is 3. The molecule has 10 rings (SSSR count). The van der Waals surface area contributed by atoms with E-state index < -0.39 is 0 Å². The molecule has 3 aromatic heterocycles. The van der Waals surface area contributed by atoms with Crippen molar-refractivity contribution in [2.75, 3.05) is 0 Å². The predicted molar refractivity (Wildman–Crippen MR) is 204 cm³/mol. The zero-order valence-corrected chi connectivity index (χ0v) is 26.5. The molecule has 49 heavy (non-hydrogen) atoms. The molecule has 0 fully saturated rings. The molecule has 0 unspecified atom stereocenters. The van der Waals surface area contributed by atoms with Gasteiger partial charge < -0.3 is 4.42 Å². The fraction of sp³-hybridized carbons (Fsp3) is 0. The van der Waals surface area contributed by atoms with E-state index in [9.17, 15) is 0 Å². The van der Waals surface area contributed by atoms with Crippen LogP contribution in [0.25, 0.3) is 99.3 Å². The minimum atomic E-state index is 0.857. The van der Waals surface area contributed by atoms with E-state index >= 15 is 0 Å². The van der Waals surface area contributed by atoms with Crippen LogP contribution in [0.5, 0.6) is 0 Å². The van der Waals surface area contributed by atoms with Crippen LogP contribution < -0.4 is 0 Å². The van der Waals surface area contributed by atoms with Crippen LogP contribution in [0.2, 0.25) is 0 Å². The molecule has 228 valence electrons. The number of para-hydroxylation sites is 3. The van der Waals surface area contributed by atoms with Crippen LogP contribution in [-0.2, 0) is 0 Å². The summed E-state index contributed by atoms with van der Waals surface area (Å²) in [7, 11) is 0. The lowest BCUT2D eigenvalue weighted by atomic mass is 9.88. The Morgan fingerprint density at radius 1 is 0.367 bits per heavy atom. The Balaban J connectivity index is 1.21. The highest BCUT2D eigenvalue weighted by atomic mass is 16.3. The third kappa shape index (κ3) is 4.51. The molecule has 3 heteroatoms. The van der Waals surface area contributed by atoms with Crippen molar-refractivity contribution in [3.8, 4) is 44.8 Å². The first kappa shape index (κ1) is 27.5. The number of rotatable bonds is 4. The number of aromatic nitrogens is 2. The van der Waals surface area contributed by atoms with E-state index in [1.165, 1.54) is 5.39 Å². The second-order valence-electron chi connectivity index (χ2n) is 12.5. The van der Waals surface area contributed by atoms with E-state index in [2.05, 4.69) is 146 Å². The highest BCUT2D eigenvalue weighted by Gasteiger charge is 2.21. The van der Waals surface area contributed by atoms with Crippen molar-refractivity contribution >= 4 is 54.5 Å². The maximum absolute atomic E-state index is 6.59. The molecule has 0 saturated heterocycles. The van der Waals surface area contributed by atoms with Crippen LogP contribution in [0, 0.1) is 0 Å². The van der Waals surface area contributed by atoms with Gasteiger partial charge in [0.2, 0.25) is 0 Å². The van der Waals surface area contributed by atoms with Gasteiger partial charge in [-0.3, -0.25) is 0 Å². The highest BCUT2D eigenvalue weighted by Crippen LogP contribution is 2.46. The van der Waals surface area contributed by atoms with Crippen molar-refractivity contribution in [2.45, 2.75) is 0 Å². The zero-order valence-electron chi connectivity index (χ0n) is 26.5. The van der Waals surface area contributed by atoms with Gasteiger partial charge in [0.25, 0.3) is 0 Å². The summed E-state index contributed by atoms with van der Waals surface area (Å²) in [6, 6.07) is 59.6. The van der Waals surface area contributed by atoms with Gasteiger partial charge in [-0.15, -0.1) is 0 Å². The lowest BCUT2D eigenvalue weighted by Crippen LogP contribution is -1.93. The average Bonchev–Trinajstić information content (AvgIpc) is 3.55. The average molecular weight is 625 g/mol. The quantitative estimate of drug-likeness (QED) is 0.183. The van der Waals surface area contributed by atoms with Gasteiger partial charge in [0, 0.05) is 49.0 Å². The Morgan fingerprint density at radius 2 is 1.06 bits per heavy atom. The van der Waals surface area contributed by atoms with Crippen LogP contribution in [0.4, 0.5) is 0 Å². The summed E-state index contributed by atoms with van der Waals surface area (Å²) in [5, 5.41) is 6.74. The van der Waals surface area contributed by atoms with E-state index in [0.29, 0.717) is 0 Å². The second-order valence-corrected chi connectivity index (χ2v) is 12.5. The third-order valence-corrected chi connectivity index (χ3v) is 9.64. The molecule has 0 saturated carbocycles. The fourth-order valence-electron chi connectivity index (χ4n) is 7.34. The molecular weight excluding hydrogens is 597 g/mol. The minimum Gasteiger partial charge on any atom is -0.456 e. The van der Waals surface area contributed by atoms with Crippen molar-refractivity contribution in [1.29, 1.82) is 0 Å².